The standard InChI is InChI=1S/C4H11P.2BrH.H3N/c1-2-3-4-5;;;/h2-5H2,1H3;2*1H;1H3. The lowest BCUT2D eigenvalue weighted by Gasteiger charge is -1.79. The quantitative estimate of drug-likeness (QED) is 0.768. The molecule has 0 rings (SSSR count). The van der Waals surface area contributed by atoms with E-state index in [1.165, 1.54) is 19.0 Å². The maximum atomic E-state index is 2.70. The van der Waals surface area contributed by atoms with Gasteiger partial charge in [0.1, 0.15) is 0 Å². The number of hydrogen-bond donors (Lipinski definition) is 1. The molecule has 0 aromatic carbocycles. The van der Waals surface area contributed by atoms with Crippen LogP contribution in [0.15, 0.2) is 0 Å². The first-order chi connectivity index (χ1) is 2.41. The van der Waals surface area contributed by atoms with Gasteiger partial charge in [-0.2, -0.15) is 0 Å². The molecule has 1 nitrogen and oxygen atoms in total. The van der Waals surface area contributed by atoms with Crippen molar-refractivity contribution in [1.82, 2.24) is 6.15 Å². The second kappa shape index (κ2) is 23.8. The normalized spacial score (nSPS) is 5.25. The van der Waals surface area contributed by atoms with E-state index in [-0.39, 0.29) is 40.1 Å². The van der Waals surface area contributed by atoms with Crippen LogP contribution in [-0.4, -0.2) is 6.16 Å². The van der Waals surface area contributed by atoms with Crippen LogP contribution < -0.4 is 6.15 Å². The first-order valence-electron chi connectivity index (χ1n) is 2.12. The zero-order valence-corrected chi connectivity index (χ0v) is 9.80. The molecule has 0 spiro atoms. The summed E-state index contributed by atoms with van der Waals surface area (Å²) in [5, 5.41) is 0. The third-order valence-electron chi connectivity index (χ3n) is 0.558. The van der Waals surface area contributed by atoms with Crippen LogP contribution in [0.4, 0.5) is 0 Å². The summed E-state index contributed by atoms with van der Waals surface area (Å²) in [6.45, 7) is 2.20. The van der Waals surface area contributed by atoms with E-state index in [4.69, 9.17) is 0 Å². The van der Waals surface area contributed by atoms with Crippen LogP contribution in [0.25, 0.3) is 0 Å². The van der Waals surface area contributed by atoms with Crippen LogP contribution in [0.3, 0.4) is 0 Å². The van der Waals surface area contributed by atoms with Gasteiger partial charge in [0, 0.05) is 0 Å². The molecular formula is C4H16Br2NP. The molecule has 1 atom stereocenters. The first kappa shape index (κ1) is 22.8. The minimum absolute atomic E-state index is 0. The van der Waals surface area contributed by atoms with Crippen molar-refractivity contribution in [3.05, 3.63) is 0 Å². The monoisotopic (exact) mass is 267 g/mol. The molecule has 56 valence electrons. The summed E-state index contributed by atoms with van der Waals surface area (Å²) in [5.41, 5.74) is 0. The van der Waals surface area contributed by atoms with Gasteiger partial charge in [-0.3, -0.25) is 0 Å². The van der Waals surface area contributed by atoms with E-state index in [9.17, 15) is 0 Å². The predicted molar refractivity (Wildman–Crippen MR) is 55.2 cm³/mol. The largest absolute Gasteiger partial charge is 0.344 e. The van der Waals surface area contributed by atoms with Crippen LogP contribution in [0.1, 0.15) is 19.8 Å². The Bertz CT molecular complexity index is 21.5. The molecule has 1 unspecified atom stereocenters. The van der Waals surface area contributed by atoms with Gasteiger partial charge >= 0.3 is 0 Å². The minimum Gasteiger partial charge on any atom is -0.344 e. The average molecular weight is 269 g/mol. The topological polar surface area (TPSA) is 35.0 Å². The fraction of sp³-hybridized carbons (Fsp3) is 1.00. The number of hydrogen-bond acceptors (Lipinski definition) is 1. The molecule has 0 amide bonds. The molecule has 0 saturated carbocycles. The number of rotatable bonds is 2. The Balaban J connectivity index is -0.0000000267. The Kier molecular flexibility index (Phi) is 67.9. The van der Waals surface area contributed by atoms with Crippen LogP contribution in [0.2, 0.25) is 0 Å². The molecular weight excluding hydrogens is 253 g/mol. The van der Waals surface area contributed by atoms with Crippen LogP contribution in [0.5, 0.6) is 0 Å². The van der Waals surface area contributed by atoms with Gasteiger partial charge in [0.2, 0.25) is 0 Å². The highest BCUT2D eigenvalue weighted by atomic mass is 79.9. The van der Waals surface area contributed by atoms with Gasteiger partial charge in [0.15, 0.2) is 0 Å². The molecule has 0 saturated heterocycles. The van der Waals surface area contributed by atoms with Crippen molar-refractivity contribution < 1.29 is 0 Å². The van der Waals surface area contributed by atoms with Gasteiger partial charge in [-0.15, -0.1) is 43.2 Å². The first-order valence-corrected chi connectivity index (χ1v) is 2.93. The van der Waals surface area contributed by atoms with Crippen molar-refractivity contribution in [2.75, 3.05) is 6.16 Å². The van der Waals surface area contributed by atoms with Crippen molar-refractivity contribution in [1.29, 1.82) is 0 Å². The average Bonchev–Trinajstić information content (AvgIpc) is 1.41. The zero-order chi connectivity index (χ0) is 4.12. The molecule has 0 bridgehead atoms. The lowest BCUT2D eigenvalue weighted by Crippen LogP contribution is -1.64. The van der Waals surface area contributed by atoms with Gasteiger partial charge < -0.3 is 6.15 Å². The van der Waals surface area contributed by atoms with Gasteiger partial charge in [0.25, 0.3) is 0 Å². The van der Waals surface area contributed by atoms with Crippen molar-refractivity contribution in [3.8, 4) is 0 Å². The van der Waals surface area contributed by atoms with E-state index < -0.39 is 0 Å². The van der Waals surface area contributed by atoms with Gasteiger partial charge in [-0.1, -0.05) is 19.8 Å². The highest BCUT2D eigenvalue weighted by molar-refractivity contribution is 8.93. The summed E-state index contributed by atoms with van der Waals surface area (Å²) in [6, 6.07) is 0. The smallest absolute Gasteiger partial charge is 0.0381 e. The maximum absolute atomic E-state index is 2.70. The van der Waals surface area contributed by atoms with Crippen LogP contribution in [0, 0.1) is 0 Å². The van der Waals surface area contributed by atoms with Crippen molar-refractivity contribution in [3.63, 3.8) is 0 Å². The maximum Gasteiger partial charge on any atom is -0.0381 e. The van der Waals surface area contributed by atoms with E-state index in [0.29, 0.717) is 0 Å². The fourth-order valence-electron chi connectivity index (χ4n) is 0.204. The highest BCUT2D eigenvalue weighted by Crippen LogP contribution is 1.89. The highest BCUT2D eigenvalue weighted by Gasteiger charge is 1.68. The third-order valence-corrected chi connectivity index (χ3v) is 0.966. The Labute approximate surface area is 75.3 Å². The van der Waals surface area contributed by atoms with Gasteiger partial charge in [-0.05, 0) is 6.16 Å². The second-order valence-electron chi connectivity index (χ2n) is 1.14. The second-order valence-corrected chi connectivity index (χ2v) is 1.72. The molecule has 0 fully saturated rings. The number of unbranched alkanes of at least 4 members (excludes halogenated alkanes) is 1. The molecule has 0 radical (unpaired) electrons. The predicted octanol–water partition coefficient (Wildman–Crippen LogP) is 2.98. The van der Waals surface area contributed by atoms with Crippen LogP contribution in [-0.2, 0) is 0 Å². The lowest BCUT2D eigenvalue weighted by molar-refractivity contribution is 0.897. The van der Waals surface area contributed by atoms with E-state index >= 15 is 0 Å². The summed E-state index contributed by atoms with van der Waals surface area (Å²) >= 11 is 0. The Morgan fingerprint density at radius 3 is 1.62 bits per heavy atom. The summed E-state index contributed by atoms with van der Waals surface area (Å²) in [7, 11) is 2.70. The van der Waals surface area contributed by atoms with Crippen molar-refractivity contribution >= 4 is 43.2 Å². The van der Waals surface area contributed by atoms with E-state index in [2.05, 4.69) is 16.2 Å². The van der Waals surface area contributed by atoms with E-state index in [1.54, 1.807) is 0 Å². The Morgan fingerprint density at radius 2 is 1.62 bits per heavy atom. The summed E-state index contributed by atoms with van der Waals surface area (Å²) in [6.07, 6.45) is 3.94. The fourth-order valence-corrected chi connectivity index (χ4v) is 0.612. The van der Waals surface area contributed by atoms with Crippen molar-refractivity contribution in [2.45, 2.75) is 19.8 Å². The SMILES string of the molecule is Br.Br.CCCCP.N. The zero-order valence-electron chi connectivity index (χ0n) is 5.22. The Hall–Kier alpha value is 1.35. The molecule has 0 aliphatic heterocycles. The van der Waals surface area contributed by atoms with E-state index in [0.717, 1.165) is 0 Å². The van der Waals surface area contributed by atoms with E-state index in [1.807, 2.05) is 0 Å². The van der Waals surface area contributed by atoms with Gasteiger partial charge in [-0.25, -0.2) is 0 Å². The Morgan fingerprint density at radius 1 is 1.25 bits per heavy atom. The lowest BCUT2D eigenvalue weighted by atomic mass is 10.4. The summed E-state index contributed by atoms with van der Waals surface area (Å²) < 4.78 is 0. The minimum atomic E-state index is 0. The third kappa shape index (κ3) is 26.4. The molecule has 0 aliphatic rings. The molecule has 8 heavy (non-hydrogen) atoms. The summed E-state index contributed by atoms with van der Waals surface area (Å²) in [4.78, 5) is 0. The molecule has 0 aliphatic carbocycles. The summed E-state index contributed by atoms with van der Waals surface area (Å²) in [5.74, 6) is 0. The van der Waals surface area contributed by atoms with Crippen molar-refractivity contribution in [2.24, 2.45) is 0 Å². The molecule has 0 heterocycles. The van der Waals surface area contributed by atoms with Gasteiger partial charge in [0.05, 0.1) is 0 Å². The molecule has 0 aromatic rings. The van der Waals surface area contributed by atoms with Crippen LogP contribution >= 0.6 is 43.2 Å². The molecule has 3 N–H and O–H groups in total. The molecule has 4 heteroatoms. The number of halogens is 2. The molecule has 0 aromatic heterocycles.